The Morgan fingerprint density at radius 3 is 2.75 bits per heavy atom. The second kappa shape index (κ2) is 6.27. The van der Waals surface area contributed by atoms with Crippen LogP contribution in [0.25, 0.3) is 0 Å². The summed E-state index contributed by atoms with van der Waals surface area (Å²) in [4.78, 5) is 2.63. The first kappa shape index (κ1) is 12.7. The topological polar surface area (TPSA) is 15.3 Å². The minimum absolute atomic E-state index is 0.769. The minimum atomic E-state index is 0.769. The summed E-state index contributed by atoms with van der Waals surface area (Å²) in [6, 6.07) is 1.62. The van der Waals surface area contributed by atoms with Crippen molar-refractivity contribution in [1.29, 1.82) is 0 Å². The molecule has 1 saturated heterocycles. The Bertz CT molecular complexity index is 204. The second-order valence-corrected chi connectivity index (χ2v) is 6.55. The van der Waals surface area contributed by atoms with Crippen molar-refractivity contribution in [3.63, 3.8) is 0 Å². The van der Waals surface area contributed by atoms with Crippen LogP contribution in [0, 0.1) is 5.92 Å². The fourth-order valence-corrected chi connectivity index (χ4v) is 4.49. The molecule has 0 amide bonds. The summed E-state index contributed by atoms with van der Waals surface area (Å²) in [7, 11) is 4.46. The summed E-state index contributed by atoms with van der Waals surface area (Å²) in [5.41, 5.74) is 0. The number of hydrogen-bond donors (Lipinski definition) is 1. The summed E-state index contributed by atoms with van der Waals surface area (Å²) < 4.78 is 0. The quantitative estimate of drug-likeness (QED) is 0.814. The standard InChI is InChI=1S/C13H26N2S/c1-14-13-6-4-3-5-11(13)9-15(2)12-7-8-16-10-12/h11-14H,3-10H2,1-2H3. The van der Waals surface area contributed by atoms with E-state index in [0.717, 1.165) is 18.0 Å². The van der Waals surface area contributed by atoms with Crippen LogP contribution in [0.5, 0.6) is 0 Å². The van der Waals surface area contributed by atoms with Crippen LogP contribution in [0.4, 0.5) is 0 Å². The first-order chi connectivity index (χ1) is 7.81. The van der Waals surface area contributed by atoms with Crippen molar-refractivity contribution >= 4 is 11.8 Å². The highest BCUT2D eigenvalue weighted by atomic mass is 32.2. The summed E-state index contributed by atoms with van der Waals surface area (Å²) in [6.07, 6.45) is 7.07. The van der Waals surface area contributed by atoms with Gasteiger partial charge in [0.1, 0.15) is 0 Å². The predicted molar refractivity (Wildman–Crippen MR) is 73.2 cm³/mol. The fraction of sp³-hybridized carbons (Fsp3) is 1.00. The third kappa shape index (κ3) is 3.14. The molecule has 1 N–H and O–H groups in total. The van der Waals surface area contributed by atoms with Crippen molar-refractivity contribution in [1.82, 2.24) is 10.2 Å². The molecule has 0 aromatic rings. The Labute approximate surface area is 105 Å². The molecule has 1 heterocycles. The van der Waals surface area contributed by atoms with Crippen LogP contribution in [0.2, 0.25) is 0 Å². The Morgan fingerprint density at radius 1 is 1.25 bits per heavy atom. The number of rotatable bonds is 4. The van der Waals surface area contributed by atoms with Crippen LogP contribution >= 0.6 is 11.8 Å². The zero-order valence-corrected chi connectivity index (χ0v) is 11.6. The first-order valence-electron chi connectivity index (χ1n) is 6.76. The van der Waals surface area contributed by atoms with Gasteiger partial charge in [-0.05, 0) is 45.0 Å². The predicted octanol–water partition coefficient (Wildman–Crippen LogP) is 2.20. The third-order valence-electron chi connectivity index (χ3n) is 4.33. The van der Waals surface area contributed by atoms with Gasteiger partial charge in [0.05, 0.1) is 0 Å². The lowest BCUT2D eigenvalue weighted by Crippen LogP contribution is -2.44. The Hall–Kier alpha value is 0.270. The molecule has 94 valence electrons. The minimum Gasteiger partial charge on any atom is -0.317 e. The van der Waals surface area contributed by atoms with Crippen molar-refractivity contribution in [3.05, 3.63) is 0 Å². The summed E-state index contributed by atoms with van der Waals surface area (Å²) >= 11 is 2.12. The highest BCUT2D eigenvalue weighted by Gasteiger charge is 2.28. The monoisotopic (exact) mass is 242 g/mol. The van der Waals surface area contributed by atoms with Gasteiger partial charge in [0.25, 0.3) is 0 Å². The molecule has 0 aromatic carbocycles. The van der Waals surface area contributed by atoms with Gasteiger partial charge in [-0.3, -0.25) is 0 Å². The van der Waals surface area contributed by atoms with E-state index in [0.29, 0.717) is 0 Å². The van der Waals surface area contributed by atoms with Crippen molar-refractivity contribution in [2.75, 3.05) is 32.1 Å². The van der Waals surface area contributed by atoms with Crippen molar-refractivity contribution < 1.29 is 0 Å². The molecule has 0 bridgehead atoms. The molecule has 1 aliphatic carbocycles. The molecule has 0 aromatic heterocycles. The van der Waals surface area contributed by atoms with Crippen molar-refractivity contribution in [2.24, 2.45) is 5.92 Å². The lowest BCUT2D eigenvalue weighted by molar-refractivity contribution is 0.166. The maximum atomic E-state index is 3.52. The van der Waals surface area contributed by atoms with Crippen LogP contribution in [0.15, 0.2) is 0 Å². The summed E-state index contributed by atoms with van der Waals surface area (Å²) in [6.45, 7) is 1.30. The summed E-state index contributed by atoms with van der Waals surface area (Å²) in [5, 5.41) is 3.52. The van der Waals surface area contributed by atoms with Crippen LogP contribution < -0.4 is 5.32 Å². The van der Waals surface area contributed by atoms with Gasteiger partial charge < -0.3 is 10.2 Å². The molecule has 2 nitrogen and oxygen atoms in total. The van der Waals surface area contributed by atoms with E-state index in [1.807, 2.05) is 0 Å². The zero-order valence-electron chi connectivity index (χ0n) is 10.7. The largest absolute Gasteiger partial charge is 0.317 e. The number of thioether (sulfide) groups is 1. The van der Waals surface area contributed by atoms with Crippen LogP contribution in [-0.2, 0) is 0 Å². The number of hydrogen-bond acceptors (Lipinski definition) is 3. The SMILES string of the molecule is CNC1CCCCC1CN(C)C1CCSC1. The lowest BCUT2D eigenvalue weighted by Gasteiger charge is -2.36. The molecular weight excluding hydrogens is 216 g/mol. The van der Waals surface area contributed by atoms with Gasteiger partial charge in [0.2, 0.25) is 0 Å². The molecule has 16 heavy (non-hydrogen) atoms. The number of nitrogens with one attached hydrogen (secondary N) is 1. The van der Waals surface area contributed by atoms with Crippen LogP contribution in [0.1, 0.15) is 32.1 Å². The second-order valence-electron chi connectivity index (χ2n) is 5.40. The molecule has 2 fully saturated rings. The molecule has 1 saturated carbocycles. The highest BCUT2D eigenvalue weighted by molar-refractivity contribution is 7.99. The molecule has 2 aliphatic rings. The Balaban J connectivity index is 1.81. The normalized spacial score (nSPS) is 35.8. The Kier molecular flexibility index (Phi) is 4.98. The first-order valence-corrected chi connectivity index (χ1v) is 7.92. The van der Waals surface area contributed by atoms with E-state index in [2.05, 4.69) is 36.1 Å². The molecule has 3 atom stereocenters. The van der Waals surface area contributed by atoms with Gasteiger partial charge in [0.15, 0.2) is 0 Å². The smallest absolute Gasteiger partial charge is 0.0191 e. The average molecular weight is 242 g/mol. The lowest BCUT2D eigenvalue weighted by atomic mass is 9.84. The van der Waals surface area contributed by atoms with E-state index >= 15 is 0 Å². The van der Waals surface area contributed by atoms with E-state index in [4.69, 9.17) is 0 Å². The summed E-state index contributed by atoms with van der Waals surface area (Å²) in [5.74, 6) is 3.61. The Morgan fingerprint density at radius 2 is 2.06 bits per heavy atom. The highest BCUT2D eigenvalue weighted by Crippen LogP contribution is 2.27. The van der Waals surface area contributed by atoms with Gasteiger partial charge in [-0.2, -0.15) is 11.8 Å². The van der Waals surface area contributed by atoms with Crippen LogP contribution in [-0.4, -0.2) is 49.1 Å². The van der Waals surface area contributed by atoms with E-state index in [9.17, 15) is 0 Å². The number of nitrogens with zero attached hydrogens (tertiary/aromatic N) is 1. The van der Waals surface area contributed by atoms with E-state index in [1.165, 1.54) is 50.2 Å². The van der Waals surface area contributed by atoms with Gasteiger partial charge >= 0.3 is 0 Å². The van der Waals surface area contributed by atoms with Gasteiger partial charge in [0, 0.05) is 24.4 Å². The van der Waals surface area contributed by atoms with Gasteiger partial charge in [-0.1, -0.05) is 12.8 Å². The molecular formula is C13H26N2S. The van der Waals surface area contributed by atoms with Crippen LogP contribution in [0.3, 0.4) is 0 Å². The zero-order chi connectivity index (χ0) is 11.4. The molecule has 1 aliphatic heterocycles. The average Bonchev–Trinajstić information content (AvgIpc) is 2.83. The van der Waals surface area contributed by atoms with E-state index in [-0.39, 0.29) is 0 Å². The molecule has 0 radical (unpaired) electrons. The maximum Gasteiger partial charge on any atom is 0.0191 e. The maximum absolute atomic E-state index is 3.52. The van der Waals surface area contributed by atoms with E-state index in [1.54, 1.807) is 0 Å². The van der Waals surface area contributed by atoms with Gasteiger partial charge in [-0.15, -0.1) is 0 Å². The fourth-order valence-electron chi connectivity index (χ4n) is 3.19. The molecule has 2 rings (SSSR count). The third-order valence-corrected chi connectivity index (χ3v) is 5.48. The van der Waals surface area contributed by atoms with E-state index < -0.39 is 0 Å². The van der Waals surface area contributed by atoms with Crippen molar-refractivity contribution in [2.45, 2.75) is 44.2 Å². The molecule has 0 spiro atoms. The van der Waals surface area contributed by atoms with Gasteiger partial charge in [-0.25, -0.2) is 0 Å². The molecule has 3 heteroatoms. The van der Waals surface area contributed by atoms with Crippen molar-refractivity contribution in [3.8, 4) is 0 Å². The molecule has 3 unspecified atom stereocenters.